The van der Waals surface area contributed by atoms with Gasteiger partial charge in [0.1, 0.15) is 17.7 Å². The number of rotatable bonds is 9. The van der Waals surface area contributed by atoms with Crippen molar-refractivity contribution in [2.24, 2.45) is 5.92 Å². The van der Waals surface area contributed by atoms with Gasteiger partial charge >= 0.3 is 0 Å². The fourth-order valence-corrected chi connectivity index (χ4v) is 5.57. The molecule has 0 aromatic heterocycles. The Morgan fingerprint density at radius 3 is 2.09 bits per heavy atom. The molecule has 3 aliphatic rings. The number of hydroxylamine groups is 2. The third kappa shape index (κ3) is 4.42. The van der Waals surface area contributed by atoms with Crippen LogP contribution in [0.4, 0.5) is 0 Å². The van der Waals surface area contributed by atoms with Crippen molar-refractivity contribution in [1.29, 1.82) is 0 Å². The van der Waals surface area contributed by atoms with E-state index >= 15 is 0 Å². The van der Waals surface area contributed by atoms with E-state index in [-0.39, 0.29) is 18.1 Å². The number of hydrogen-bond acceptors (Lipinski definition) is 6. The molecule has 6 heteroatoms. The summed E-state index contributed by atoms with van der Waals surface area (Å²) in [7, 11) is 0. The summed E-state index contributed by atoms with van der Waals surface area (Å²) >= 11 is 0. The van der Waals surface area contributed by atoms with Gasteiger partial charge in [0.2, 0.25) is 0 Å². The molecule has 0 amide bonds. The zero-order valence-corrected chi connectivity index (χ0v) is 19.7. The standard InChI is InChI=1S/C29H31NO5/c1-4-10-22(11-5-1)16-30-29-25(20-34-30)19-33-28(29)35-26(21-31-17-23-12-6-2-7-13-23)27(29)32-18-24-14-8-3-9-15-24/h1-15,25-28H,16-21H2/t25-,26+,27-,28-,29-/m0/s1. The van der Waals surface area contributed by atoms with E-state index in [1.54, 1.807) is 0 Å². The first-order chi connectivity index (χ1) is 17.3. The molecule has 0 unspecified atom stereocenters. The second-order valence-electron chi connectivity index (χ2n) is 9.46. The molecule has 6 rings (SSSR count). The fraction of sp³-hybridized carbons (Fsp3) is 0.379. The minimum absolute atomic E-state index is 0.163. The molecule has 3 aromatic rings. The molecule has 3 fully saturated rings. The lowest BCUT2D eigenvalue weighted by atomic mass is 9.81. The average Bonchev–Trinajstić information content (AvgIpc) is 3.53. The Bertz CT molecular complexity index is 1080. The number of nitrogens with zero attached hydrogens (tertiary/aromatic N) is 1. The lowest BCUT2D eigenvalue weighted by molar-refractivity contribution is -0.232. The molecule has 0 aliphatic carbocycles. The largest absolute Gasteiger partial charge is 0.374 e. The summed E-state index contributed by atoms with van der Waals surface area (Å²) in [6.07, 6.45) is -0.956. The highest BCUT2D eigenvalue weighted by Gasteiger charge is 2.71. The van der Waals surface area contributed by atoms with Crippen molar-refractivity contribution < 1.29 is 23.8 Å². The first kappa shape index (κ1) is 22.9. The average molecular weight is 474 g/mol. The van der Waals surface area contributed by atoms with Gasteiger partial charge in [0.25, 0.3) is 0 Å². The zero-order valence-electron chi connectivity index (χ0n) is 19.7. The topological polar surface area (TPSA) is 49.4 Å². The van der Waals surface area contributed by atoms with E-state index in [1.165, 1.54) is 5.56 Å². The molecule has 0 N–H and O–H groups in total. The first-order valence-corrected chi connectivity index (χ1v) is 12.3. The van der Waals surface area contributed by atoms with E-state index in [2.05, 4.69) is 53.6 Å². The summed E-state index contributed by atoms with van der Waals surface area (Å²) in [5, 5.41) is 2.07. The summed E-state index contributed by atoms with van der Waals surface area (Å²) in [6, 6.07) is 30.8. The third-order valence-corrected chi connectivity index (χ3v) is 7.27. The molecule has 3 heterocycles. The summed E-state index contributed by atoms with van der Waals surface area (Å²) < 4.78 is 25.5. The van der Waals surface area contributed by atoms with Gasteiger partial charge in [-0.25, -0.2) is 0 Å². The molecule has 0 bridgehead atoms. The van der Waals surface area contributed by atoms with Crippen LogP contribution in [0.15, 0.2) is 91.0 Å². The maximum absolute atomic E-state index is 6.68. The predicted molar refractivity (Wildman–Crippen MR) is 130 cm³/mol. The van der Waals surface area contributed by atoms with Gasteiger partial charge in [0.15, 0.2) is 6.29 Å². The Kier molecular flexibility index (Phi) is 6.65. The lowest BCUT2D eigenvalue weighted by Gasteiger charge is -2.39. The molecule has 35 heavy (non-hydrogen) atoms. The third-order valence-electron chi connectivity index (χ3n) is 7.27. The van der Waals surface area contributed by atoms with E-state index in [0.717, 1.165) is 11.1 Å². The van der Waals surface area contributed by atoms with Crippen molar-refractivity contribution in [2.75, 3.05) is 19.8 Å². The Balaban J connectivity index is 1.25. The molecule has 3 saturated heterocycles. The van der Waals surface area contributed by atoms with E-state index in [4.69, 9.17) is 23.8 Å². The Hall–Kier alpha value is -2.58. The van der Waals surface area contributed by atoms with Gasteiger partial charge in [-0.05, 0) is 16.7 Å². The van der Waals surface area contributed by atoms with E-state index in [9.17, 15) is 0 Å². The first-order valence-electron chi connectivity index (χ1n) is 12.3. The van der Waals surface area contributed by atoms with Crippen molar-refractivity contribution in [2.45, 2.75) is 43.8 Å². The van der Waals surface area contributed by atoms with Crippen molar-refractivity contribution in [3.8, 4) is 0 Å². The summed E-state index contributed by atoms with van der Waals surface area (Å²) in [6.45, 7) is 3.27. The summed E-state index contributed by atoms with van der Waals surface area (Å²) in [5.41, 5.74) is 2.92. The Morgan fingerprint density at radius 1 is 0.771 bits per heavy atom. The summed E-state index contributed by atoms with van der Waals surface area (Å²) in [4.78, 5) is 6.29. The zero-order chi connectivity index (χ0) is 23.5. The van der Waals surface area contributed by atoms with Crippen LogP contribution in [-0.4, -0.2) is 48.9 Å². The van der Waals surface area contributed by atoms with E-state index < -0.39 is 11.8 Å². The molecular weight excluding hydrogens is 442 g/mol. The van der Waals surface area contributed by atoms with Crippen molar-refractivity contribution in [3.05, 3.63) is 108 Å². The normalized spacial score (nSPS) is 29.8. The van der Waals surface area contributed by atoms with Gasteiger partial charge < -0.3 is 18.9 Å². The smallest absolute Gasteiger partial charge is 0.181 e. The van der Waals surface area contributed by atoms with Crippen LogP contribution in [0.3, 0.4) is 0 Å². The molecule has 182 valence electrons. The SMILES string of the molecule is c1ccc(COC[C@H]2O[C@@H]3OC[C@H]4CON(Cc5ccccc5)[C@]43[C@H]2OCc2ccccc2)cc1. The molecular formula is C29H31NO5. The lowest BCUT2D eigenvalue weighted by Crippen LogP contribution is -2.59. The fourth-order valence-electron chi connectivity index (χ4n) is 5.57. The van der Waals surface area contributed by atoms with Gasteiger partial charge in [0.05, 0.1) is 39.6 Å². The highest BCUT2D eigenvalue weighted by Crippen LogP contribution is 2.52. The molecule has 5 atom stereocenters. The molecule has 6 nitrogen and oxygen atoms in total. The van der Waals surface area contributed by atoms with Crippen LogP contribution in [0.5, 0.6) is 0 Å². The second-order valence-corrected chi connectivity index (χ2v) is 9.46. The highest BCUT2D eigenvalue weighted by atomic mass is 16.8. The number of hydrogen-bond donors (Lipinski definition) is 0. The van der Waals surface area contributed by atoms with Crippen LogP contribution in [0.25, 0.3) is 0 Å². The maximum atomic E-state index is 6.68. The minimum atomic E-state index is -0.522. The monoisotopic (exact) mass is 473 g/mol. The van der Waals surface area contributed by atoms with Crippen LogP contribution >= 0.6 is 0 Å². The van der Waals surface area contributed by atoms with Gasteiger partial charge in [-0.15, -0.1) is 0 Å². The number of ether oxygens (including phenoxy) is 4. The van der Waals surface area contributed by atoms with Gasteiger partial charge in [-0.3, -0.25) is 4.84 Å². The molecule has 3 aliphatic heterocycles. The van der Waals surface area contributed by atoms with Crippen molar-refractivity contribution >= 4 is 0 Å². The van der Waals surface area contributed by atoms with Crippen molar-refractivity contribution in [3.63, 3.8) is 0 Å². The quantitative estimate of drug-likeness (QED) is 0.461. The van der Waals surface area contributed by atoms with Crippen LogP contribution in [0.2, 0.25) is 0 Å². The van der Waals surface area contributed by atoms with Crippen LogP contribution in [-0.2, 0) is 43.5 Å². The van der Waals surface area contributed by atoms with Crippen molar-refractivity contribution in [1.82, 2.24) is 5.06 Å². The van der Waals surface area contributed by atoms with Gasteiger partial charge in [0, 0.05) is 5.92 Å². The van der Waals surface area contributed by atoms with Crippen LogP contribution < -0.4 is 0 Å². The second kappa shape index (κ2) is 10.2. The Labute approximate surface area is 206 Å². The predicted octanol–water partition coefficient (Wildman–Crippen LogP) is 4.35. The van der Waals surface area contributed by atoms with Gasteiger partial charge in [-0.1, -0.05) is 91.0 Å². The maximum Gasteiger partial charge on any atom is 0.181 e. The van der Waals surface area contributed by atoms with E-state index in [1.807, 2.05) is 42.5 Å². The highest BCUT2D eigenvalue weighted by molar-refractivity contribution is 5.20. The summed E-state index contributed by atoms with van der Waals surface area (Å²) in [5.74, 6) is 0.163. The van der Waals surface area contributed by atoms with Crippen LogP contribution in [0.1, 0.15) is 16.7 Å². The van der Waals surface area contributed by atoms with E-state index in [0.29, 0.717) is 39.6 Å². The van der Waals surface area contributed by atoms with Crippen LogP contribution in [0, 0.1) is 5.92 Å². The molecule has 3 aromatic carbocycles. The number of benzene rings is 3. The molecule has 0 radical (unpaired) electrons. The Morgan fingerprint density at radius 2 is 1.40 bits per heavy atom. The molecule has 0 saturated carbocycles. The molecule has 1 spiro atoms. The van der Waals surface area contributed by atoms with Gasteiger partial charge in [-0.2, -0.15) is 5.06 Å². The minimum Gasteiger partial charge on any atom is -0.374 e.